The molecule has 0 atom stereocenters. The first-order valence-electron chi connectivity index (χ1n) is 8.54. The molecule has 0 bridgehead atoms. The van der Waals surface area contributed by atoms with Crippen LogP contribution in [0, 0.1) is 5.82 Å². The Morgan fingerprint density at radius 3 is 2.69 bits per heavy atom. The van der Waals surface area contributed by atoms with Crippen LogP contribution in [0.2, 0.25) is 0 Å². The zero-order valence-corrected chi connectivity index (χ0v) is 18.7. The highest BCUT2D eigenvalue weighted by Crippen LogP contribution is 2.39. The molecule has 0 spiro atoms. The summed E-state index contributed by atoms with van der Waals surface area (Å²) in [7, 11) is 1.54. The van der Waals surface area contributed by atoms with E-state index in [2.05, 4.69) is 22.5 Å². The Hall–Kier alpha value is -2.16. The molecular formula is C21H17BrFNO3S2. The Balaban J connectivity index is 1.83. The van der Waals surface area contributed by atoms with Gasteiger partial charge in [-0.3, -0.25) is 9.69 Å². The molecule has 1 amide bonds. The van der Waals surface area contributed by atoms with Crippen molar-refractivity contribution in [2.75, 3.05) is 13.7 Å². The van der Waals surface area contributed by atoms with E-state index in [1.165, 1.54) is 28.8 Å². The Morgan fingerprint density at radius 1 is 1.31 bits per heavy atom. The molecule has 1 aliphatic rings. The molecule has 3 rings (SSSR count). The third kappa shape index (κ3) is 5.07. The molecule has 0 radical (unpaired) electrons. The van der Waals surface area contributed by atoms with Gasteiger partial charge in [0.25, 0.3) is 5.91 Å². The zero-order valence-electron chi connectivity index (χ0n) is 15.5. The number of rotatable bonds is 7. The van der Waals surface area contributed by atoms with Crippen LogP contribution in [0.25, 0.3) is 6.08 Å². The van der Waals surface area contributed by atoms with Crippen LogP contribution in [0.4, 0.5) is 4.39 Å². The second kappa shape index (κ2) is 9.56. The molecule has 0 saturated carbocycles. The fourth-order valence-electron chi connectivity index (χ4n) is 2.64. The average molecular weight is 494 g/mol. The van der Waals surface area contributed by atoms with Crippen LogP contribution in [-0.4, -0.2) is 28.8 Å². The zero-order chi connectivity index (χ0) is 21.0. The molecule has 1 saturated heterocycles. The molecule has 0 unspecified atom stereocenters. The highest BCUT2D eigenvalue weighted by atomic mass is 79.9. The number of halogens is 2. The maximum absolute atomic E-state index is 13.0. The number of hydrogen-bond acceptors (Lipinski definition) is 5. The second-order valence-corrected chi connectivity index (χ2v) is 8.56. The topological polar surface area (TPSA) is 38.8 Å². The lowest BCUT2D eigenvalue weighted by atomic mass is 10.1. The van der Waals surface area contributed by atoms with Crippen LogP contribution in [0.15, 0.2) is 58.4 Å². The van der Waals surface area contributed by atoms with E-state index < -0.39 is 0 Å². The van der Waals surface area contributed by atoms with E-state index in [-0.39, 0.29) is 18.3 Å². The number of nitrogens with zero attached hydrogens (tertiary/aromatic N) is 1. The van der Waals surface area contributed by atoms with Gasteiger partial charge in [0.15, 0.2) is 11.5 Å². The molecule has 0 aliphatic carbocycles. The molecule has 2 aromatic rings. The summed E-state index contributed by atoms with van der Waals surface area (Å²) in [6, 6.07) is 9.71. The van der Waals surface area contributed by atoms with Crippen LogP contribution < -0.4 is 9.47 Å². The van der Waals surface area contributed by atoms with Crippen molar-refractivity contribution in [2.45, 2.75) is 6.61 Å². The molecule has 8 heteroatoms. The van der Waals surface area contributed by atoms with E-state index in [4.69, 9.17) is 21.7 Å². The van der Waals surface area contributed by atoms with Gasteiger partial charge in [-0.2, -0.15) is 0 Å². The van der Waals surface area contributed by atoms with E-state index in [1.807, 2.05) is 6.07 Å². The van der Waals surface area contributed by atoms with Gasteiger partial charge in [0, 0.05) is 6.54 Å². The summed E-state index contributed by atoms with van der Waals surface area (Å²) in [4.78, 5) is 14.5. The third-order valence-corrected chi connectivity index (χ3v) is 6.00. The van der Waals surface area contributed by atoms with E-state index in [1.54, 1.807) is 37.5 Å². The predicted molar refractivity (Wildman–Crippen MR) is 122 cm³/mol. The van der Waals surface area contributed by atoms with Crippen molar-refractivity contribution in [3.63, 3.8) is 0 Å². The molecule has 0 aromatic heterocycles. The Labute approximate surface area is 186 Å². The van der Waals surface area contributed by atoms with Crippen molar-refractivity contribution in [3.8, 4) is 11.5 Å². The van der Waals surface area contributed by atoms with Gasteiger partial charge in [-0.25, -0.2) is 4.39 Å². The SMILES string of the molecule is C=CCN1C(=O)C(=Cc2cc(Br)c(OCc3ccc(F)cc3)c(OC)c2)SC1=S. The average Bonchev–Trinajstić information content (AvgIpc) is 2.96. The first kappa shape index (κ1) is 21.5. The van der Waals surface area contributed by atoms with Crippen LogP contribution in [0.3, 0.4) is 0 Å². The first-order valence-corrected chi connectivity index (χ1v) is 10.6. The second-order valence-electron chi connectivity index (χ2n) is 6.03. The number of carbonyl (C=O) groups is 1. The first-order chi connectivity index (χ1) is 13.9. The summed E-state index contributed by atoms with van der Waals surface area (Å²) in [5.41, 5.74) is 1.59. The van der Waals surface area contributed by atoms with Crippen molar-refractivity contribution in [1.82, 2.24) is 4.90 Å². The minimum Gasteiger partial charge on any atom is -0.493 e. The lowest BCUT2D eigenvalue weighted by Gasteiger charge is -2.14. The molecular weight excluding hydrogens is 477 g/mol. The molecule has 150 valence electrons. The summed E-state index contributed by atoms with van der Waals surface area (Å²) in [5.74, 6) is 0.587. The van der Waals surface area contributed by atoms with Gasteiger partial charge in [-0.05, 0) is 57.4 Å². The predicted octanol–water partition coefficient (Wildman–Crippen LogP) is 5.56. The van der Waals surface area contributed by atoms with Gasteiger partial charge in [0.1, 0.15) is 16.7 Å². The largest absolute Gasteiger partial charge is 0.493 e. The lowest BCUT2D eigenvalue weighted by Crippen LogP contribution is -2.27. The number of ether oxygens (including phenoxy) is 2. The molecule has 1 aliphatic heterocycles. The molecule has 1 heterocycles. The normalized spacial score (nSPS) is 15.1. The highest BCUT2D eigenvalue weighted by molar-refractivity contribution is 9.10. The Morgan fingerprint density at radius 2 is 2.03 bits per heavy atom. The van der Waals surface area contributed by atoms with Crippen molar-refractivity contribution in [3.05, 3.63) is 75.4 Å². The third-order valence-electron chi connectivity index (χ3n) is 4.03. The van der Waals surface area contributed by atoms with Gasteiger partial charge in [-0.1, -0.05) is 42.2 Å². The van der Waals surface area contributed by atoms with Gasteiger partial charge >= 0.3 is 0 Å². The maximum atomic E-state index is 13.0. The van der Waals surface area contributed by atoms with Crippen LogP contribution in [0.5, 0.6) is 11.5 Å². The molecule has 2 aromatic carbocycles. The van der Waals surface area contributed by atoms with Crippen LogP contribution >= 0.6 is 39.9 Å². The van der Waals surface area contributed by atoms with Crippen LogP contribution in [-0.2, 0) is 11.4 Å². The molecule has 4 nitrogen and oxygen atoms in total. The quantitative estimate of drug-likeness (QED) is 0.286. The summed E-state index contributed by atoms with van der Waals surface area (Å²) < 4.78 is 25.6. The minimum atomic E-state index is -0.296. The highest BCUT2D eigenvalue weighted by Gasteiger charge is 2.31. The lowest BCUT2D eigenvalue weighted by molar-refractivity contribution is -0.121. The fourth-order valence-corrected chi connectivity index (χ4v) is 4.49. The van der Waals surface area contributed by atoms with Gasteiger partial charge in [-0.15, -0.1) is 6.58 Å². The van der Waals surface area contributed by atoms with Crippen molar-refractivity contribution in [1.29, 1.82) is 0 Å². The minimum absolute atomic E-state index is 0.147. The van der Waals surface area contributed by atoms with E-state index in [9.17, 15) is 9.18 Å². The molecule has 0 N–H and O–H groups in total. The molecule has 1 fully saturated rings. The van der Waals surface area contributed by atoms with Crippen molar-refractivity contribution in [2.24, 2.45) is 0 Å². The monoisotopic (exact) mass is 493 g/mol. The van der Waals surface area contributed by atoms with Crippen LogP contribution in [0.1, 0.15) is 11.1 Å². The van der Waals surface area contributed by atoms with E-state index in [0.29, 0.717) is 31.7 Å². The summed E-state index contributed by atoms with van der Waals surface area (Å²) in [5, 5.41) is 0. The van der Waals surface area contributed by atoms with Gasteiger partial charge in [0.2, 0.25) is 0 Å². The summed E-state index contributed by atoms with van der Waals surface area (Å²) in [6.45, 7) is 4.29. The van der Waals surface area contributed by atoms with E-state index in [0.717, 1.165) is 11.1 Å². The van der Waals surface area contributed by atoms with Crippen molar-refractivity contribution < 1.29 is 18.7 Å². The number of benzene rings is 2. The number of thiocarbonyl (C=S) groups is 1. The Kier molecular flexibility index (Phi) is 7.10. The number of hydrogen-bond donors (Lipinski definition) is 0. The fraction of sp³-hybridized carbons (Fsp3) is 0.143. The Bertz CT molecular complexity index is 992. The number of thioether (sulfide) groups is 1. The standard InChI is InChI=1S/C21H17BrFNO3S2/c1-3-8-24-20(25)18(29-21(24)28)11-14-9-16(22)19(17(10-14)26-2)27-12-13-4-6-15(23)7-5-13/h3-7,9-11H,1,8,12H2,2H3. The smallest absolute Gasteiger partial charge is 0.266 e. The molecule has 29 heavy (non-hydrogen) atoms. The number of carbonyl (C=O) groups excluding carboxylic acids is 1. The summed E-state index contributed by atoms with van der Waals surface area (Å²) >= 11 is 10.0. The maximum Gasteiger partial charge on any atom is 0.266 e. The number of methoxy groups -OCH3 is 1. The van der Waals surface area contributed by atoms with Gasteiger partial charge in [0.05, 0.1) is 16.5 Å². The van der Waals surface area contributed by atoms with E-state index >= 15 is 0 Å². The van der Waals surface area contributed by atoms with Crippen molar-refractivity contribution >= 4 is 56.2 Å². The number of amides is 1. The summed E-state index contributed by atoms with van der Waals surface area (Å²) in [6.07, 6.45) is 3.40. The van der Waals surface area contributed by atoms with Gasteiger partial charge < -0.3 is 9.47 Å².